The summed E-state index contributed by atoms with van der Waals surface area (Å²) in [5.41, 5.74) is 6.87. The largest absolute Gasteiger partial charge is 0.368 e. The summed E-state index contributed by atoms with van der Waals surface area (Å²) in [4.78, 5) is 24.2. The molecule has 0 fully saturated rings. The van der Waals surface area contributed by atoms with Crippen LogP contribution in [0.25, 0.3) is 0 Å². The number of nitrogens with zero attached hydrogens (tertiary/aromatic N) is 2. The van der Waals surface area contributed by atoms with E-state index in [4.69, 9.17) is 5.73 Å². The number of rotatable bonds is 5. The van der Waals surface area contributed by atoms with Crippen molar-refractivity contribution in [3.8, 4) is 0 Å². The first-order valence-electron chi connectivity index (χ1n) is 6.99. The molecule has 2 amide bonds. The lowest BCUT2D eigenvalue weighted by Gasteiger charge is -2.27. The zero-order valence-corrected chi connectivity index (χ0v) is 13.0. The monoisotopic (exact) mass is 300 g/mol. The van der Waals surface area contributed by atoms with E-state index >= 15 is 0 Å². The topological polar surface area (TPSA) is 90.0 Å². The maximum Gasteiger partial charge on any atom is 0.252 e. The van der Waals surface area contributed by atoms with Crippen molar-refractivity contribution in [2.24, 2.45) is 5.73 Å². The highest BCUT2D eigenvalue weighted by Gasteiger charge is 2.34. The van der Waals surface area contributed by atoms with Gasteiger partial charge in [-0.25, -0.2) is 0 Å². The van der Waals surface area contributed by atoms with Crippen LogP contribution in [0.2, 0.25) is 0 Å². The third-order valence-electron chi connectivity index (χ3n) is 3.74. The number of aryl methyl sites for hydroxylation is 2. The fourth-order valence-corrected chi connectivity index (χ4v) is 2.10. The first-order chi connectivity index (χ1) is 10.3. The van der Waals surface area contributed by atoms with Gasteiger partial charge < -0.3 is 11.1 Å². The van der Waals surface area contributed by atoms with Gasteiger partial charge in [-0.2, -0.15) is 5.10 Å². The lowest BCUT2D eigenvalue weighted by Crippen LogP contribution is -2.57. The van der Waals surface area contributed by atoms with E-state index in [-0.39, 0.29) is 12.5 Å². The van der Waals surface area contributed by atoms with Crippen molar-refractivity contribution in [1.29, 1.82) is 0 Å². The van der Waals surface area contributed by atoms with Gasteiger partial charge in [0.1, 0.15) is 5.54 Å². The van der Waals surface area contributed by atoms with E-state index in [0.29, 0.717) is 5.56 Å². The highest BCUT2D eigenvalue weighted by Crippen LogP contribution is 2.13. The van der Waals surface area contributed by atoms with Crippen molar-refractivity contribution in [2.45, 2.75) is 32.9 Å². The van der Waals surface area contributed by atoms with Gasteiger partial charge in [-0.3, -0.25) is 14.3 Å². The first kappa shape index (κ1) is 15.8. The highest BCUT2D eigenvalue weighted by molar-refractivity contribution is 5.98. The number of hydrogen-bond acceptors (Lipinski definition) is 3. The molecule has 1 unspecified atom stereocenters. The Morgan fingerprint density at radius 3 is 2.59 bits per heavy atom. The second-order valence-corrected chi connectivity index (χ2v) is 5.65. The van der Waals surface area contributed by atoms with E-state index in [2.05, 4.69) is 10.4 Å². The molecule has 3 N–H and O–H groups in total. The van der Waals surface area contributed by atoms with Gasteiger partial charge in [-0.15, -0.1) is 0 Å². The molecule has 0 spiro atoms. The van der Waals surface area contributed by atoms with Gasteiger partial charge in [0.25, 0.3) is 5.91 Å². The predicted molar refractivity (Wildman–Crippen MR) is 83.2 cm³/mol. The molecule has 0 bridgehead atoms. The van der Waals surface area contributed by atoms with Crippen molar-refractivity contribution in [3.63, 3.8) is 0 Å². The third kappa shape index (κ3) is 3.33. The Labute approximate surface area is 129 Å². The molecule has 116 valence electrons. The summed E-state index contributed by atoms with van der Waals surface area (Å²) in [5, 5.41) is 6.77. The van der Waals surface area contributed by atoms with E-state index in [1.165, 1.54) is 0 Å². The van der Waals surface area contributed by atoms with E-state index < -0.39 is 11.4 Å². The number of nitrogens with one attached hydrogen (secondary N) is 1. The highest BCUT2D eigenvalue weighted by atomic mass is 16.2. The van der Waals surface area contributed by atoms with Gasteiger partial charge in [0.2, 0.25) is 5.91 Å². The number of benzene rings is 1. The van der Waals surface area contributed by atoms with Crippen molar-refractivity contribution in [3.05, 3.63) is 53.3 Å². The molecule has 0 aliphatic rings. The van der Waals surface area contributed by atoms with Crippen LogP contribution in [0.4, 0.5) is 0 Å². The molecule has 2 rings (SSSR count). The average molecular weight is 300 g/mol. The van der Waals surface area contributed by atoms with Crippen LogP contribution in [0.3, 0.4) is 0 Å². The van der Waals surface area contributed by atoms with Crippen LogP contribution in [-0.2, 0) is 11.3 Å². The number of amides is 2. The van der Waals surface area contributed by atoms with Crippen molar-refractivity contribution >= 4 is 11.8 Å². The Hall–Kier alpha value is -2.63. The van der Waals surface area contributed by atoms with E-state index in [0.717, 1.165) is 11.1 Å². The Morgan fingerprint density at radius 2 is 2.05 bits per heavy atom. The average Bonchev–Trinajstić information content (AvgIpc) is 2.94. The molecule has 6 heteroatoms. The number of carbonyl (C=O) groups is 2. The van der Waals surface area contributed by atoms with Gasteiger partial charge in [0.05, 0.1) is 6.54 Å². The number of aromatic nitrogens is 2. The molecule has 6 nitrogen and oxygen atoms in total. The van der Waals surface area contributed by atoms with E-state index in [9.17, 15) is 9.59 Å². The number of nitrogens with two attached hydrogens (primary N) is 1. The van der Waals surface area contributed by atoms with Gasteiger partial charge in [-0.05, 0) is 50.1 Å². The maximum absolute atomic E-state index is 12.4. The molecule has 0 saturated carbocycles. The Balaban J connectivity index is 2.21. The molecule has 0 aliphatic carbocycles. The van der Waals surface area contributed by atoms with Crippen molar-refractivity contribution < 1.29 is 9.59 Å². The Kier molecular flexibility index (Phi) is 4.30. The normalized spacial score (nSPS) is 13.4. The molecule has 0 saturated heterocycles. The first-order valence-corrected chi connectivity index (χ1v) is 6.99. The smallest absolute Gasteiger partial charge is 0.252 e. The minimum Gasteiger partial charge on any atom is -0.368 e. The Morgan fingerprint density at radius 1 is 1.32 bits per heavy atom. The number of carbonyl (C=O) groups excluding carboxylic acids is 2. The lowest BCUT2D eigenvalue weighted by molar-refractivity contribution is -0.124. The lowest BCUT2D eigenvalue weighted by atomic mass is 9.99. The molecule has 22 heavy (non-hydrogen) atoms. The van der Waals surface area contributed by atoms with Crippen molar-refractivity contribution in [1.82, 2.24) is 15.1 Å². The van der Waals surface area contributed by atoms with Crippen LogP contribution >= 0.6 is 0 Å². The summed E-state index contributed by atoms with van der Waals surface area (Å²) in [7, 11) is 0. The second kappa shape index (κ2) is 6.01. The zero-order valence-electron chi connectivity index (χ0n) is 13.0. The molecule has 2 aromatic rings. The molecule has 1 aromatic carbocycles. The fourth-order valence-electron chi connectivity index (χ4n) is 2.10. The number of hydrogen-bond donors (Lipinski definition) is 2. The summed E-state index contributed by atoms with van der Waals surface area (Å²) >= 11 is 0. The van der Waals surface area contributed by atoms with Gasteiger partial charge >= 0.3 is 0 Å². The molecular formula is C16H20N4O2. The summed E-state index contributed by atoms with van der Waals surface area (Å²) in [5.74, 6) is -0.947. The van der Waals surface area contributed by atoms with Gasteiger partial charge in [0.15, 0.2) is 0 Å². The molecule has 0 radical (unpaired) electrons. The van der Waals surface area contributed by atoms with Crippen LogP contribution in [0.5, 0.6) is 0 Å². The zero-order chi connectivity index (χ0) is 16.3. The summed E-state index contributed by atoms with van der Waals surface area (Å²) in [6.45, 7) is 5.67. The molecule has 1 heterocycles. The summed E-state index contributed by atoms with van der Waals surface area (Å²) in [6.07, 6.45) is 3.32. The van der Waals surface area contributed by atoms with E-state index in [1.54, 1.807) is 42.2 Å². The van der Waals surface area contributed by atoms with Crippen LogP contribution in [-0.4, -0.2) is 27.1 Å². The second-order valence-electron chi connectivity index (χ2n) is 5.65. The Bertz CT molecular complexity index is 694. The van der Waals surface area contributed by atoms with E-state index in [1.807, 2.05) is 19.9 Å². The summed E-state index contributed by atoms with van der Waals surface area (Å²) in [6, 6.07) is 7.14. The minimum absolute atomic E-state index is 0.173. The molecule has 1 aromatic heterocycles. The fraction of sp³-hybridized carbons (Fsp3) is 0.312. The van der Waals surface area contributed by atoms with Crippen LogP contribution in [0.15, 0.2) is 36.7 Å². The molecule has 0 aliphatic heterocycles. The quantitative estimate of drug-likeness (QED) is 0.868. The van der Waals surface area contributed by atoms with Gasteiger partial charge in [-0.1, -0.05) is 6.07 Å². The molecular weight excluding hydrogens is 280 g/mol. The van der Waals surface area contributed by atoms with Crippen LogP contribution in [0.1, 0.15) is 28.4 Å². The SMILES string of the molecule is Cc1ccc(C(=O)NC(C)(Cn2cccn2)C(N)=O)cc1C. The van der Waals surface area contributed by atoms with Crippen LogP contribution in [0, 0.1) is 13.8 Å². The van der Waals surface area contributed by atoms with Crippen LogP contribution < -0.4 is 11.1 Å². The third-order valence-corrected chi connectivity index (χ3v) is 3.74. The van der Waals surface area contributed by atoms with Crippen molar-refractivity contribution in [2.75, 3.05) is 0 Å². The minimum atomic E-state index is -1.22. The molecule has 1 atom stereocenters. The van der Waals surface area contributed by atoms with Gasteiger partial charge in [0, 0.05) is 18.0 Å². The number of primary amides is 1. The standard InChI is InChI=1S/C16H20N4O2/c1-11-5-6-13(9-12(11)2)14(21)19-16(3,15(17)22)10-20-8-4-7-18-20/h4-9H,10H2,1-3H3,(H2,17,22)(H,19,21). The predicted octanol–water partition coefficient (Wildman–Crippen LogP) is 1.17. The maximum atomic E-state index is 12.4. The summed E-state index contributed by atoms with van der Waals surface area (Å²) < 4.78 is 1.56.